The monoisotopic (exact) mass is 384 g/mol. The summed E-state index contributed by atoms with van der Waals surface area (Å²) in [5.74, 6) is 1.52. The van der Waals surface area contributed by atoms with Crippen LogP contribution >= 0.6 is 7.60 Å². The van der Waals surface area contributed by atoms with Crippen molar-refractivity contribution in [3.63, 3.8) is 0 Å². The average molecular weight is 384 g/mol. The normalized spacial score (nSPS) is 23.8. The summed E-state index contributed by atoms with van der Waals surface area (Å²) in [6.07, 6.45) is 4.43. The van der Waals surface area contributed by atoms with E-state index in [-0.39, 0.29) is 12.2 Å². The Morgan fingerprint density at radius 1 is 1.12 bits per heavy atom. The van der Waals surface area contributed by atoms with E-state index in [1.54, 1.807) is 7.11 Å². The maximum atomic E-state index is 12.6. The summed E-state index contributed by atoms with van der Waals surface area (Å²) in [6.45, 7) is 6.70. The van der Waals surface area contributed by atoms with Gasteiger partial charge in [0.05, 0.1) is 25.5 Å². The van der Waals surface area contributed by atoms with E-state index in [0.29, 0.717) is 31.7 Å². The molecule has 0 amide bonds. The lowest BCUT2D eigenvalue weighted by molar-refractivity contribution is -0.0357. The molecule has 0 spiro atoms. The fraction of sp³-hybridized carbons (Fsp3) is 0.700. The second-order valence-corrected chi connectivity index (χ2v) is 9.10. The predicted octanol–water partition coefficient (Wildman–Crippen LogP) is 5.08. The van der Waals surface area contributed by atoms with Crippen molar-refractivity contribution in [2.75, 3.05) is 26.5 Å². The highest BCUT2D eigenvalue weighted by molar-refractivity contribution is 7.53. The maximum Gasteiger partial charge on any atom is 0.330 e. The van der Waals surface area contributed by atoms with Crippen molar-refractivity contribution in [2.45, 2.75) is 58.7 Å². The lowest BCUT2D eigenvalue weighted by atomic mass is 9.86. The van der Waals surface area contributed by atoms with Gasteiger partial charge in [-0.05, 0) is 63.1 Å². The standard InChI is InChI=1S/C20H33O5P/c1-5-23-26(21,24-6-2)13-12-17-8-7-9-18(15-17)25-19-11-10-16(3)14-20(19)22-4/h7-9,15-16,19-20H,5-6,10-14H2,1-4H3/t16?,19-,20-/m1/s1. The number of methoxy groups -OCH3 is 1. The van der Waals surface area contributed by atoms with Crippen LogP contribution in [-0.4, -0.2) is 38.7 Å². The molecule has 26 heavy (non-hydrogen) atoms. The van der Waals surface area contributed by atoms with Crippen LogP contribution in [0.2, 0.25) is 0 Å². The second-order valence-electron chi connectivity index (χ2n) is 6.92. The molecule has 1 aromatic carbocycles. The Kier molecular flexibility index (Phi) is 8.62. The zero-order chi connectivity index (χ0) is 19.0. The number of rotatable bonds is 10. The number of aryl methyl sites for hydroxylation is 1. The van der Waals surface area contributed by atoms with Gasteiger partial charge in [-0.2, -0.15) is 0 Å². The Labute approximate surface area is 157 Å². The van der Waals surface area contributed by atoms with Crippen LogP contribution in [0, 0.1) is 5.92 Å². The smallest absolute Gasteiger partial charge is 0.330 e. The van der Waals surface area contributed by atoms with Crippen LogP contribution in [0.1, 0.15) is 45.6 Å². The molecule has 0 saturated heterocycles. The van der Waals surface area contributed by atoms with Gasteiger partial charge in [0, 0.05) is 7.11 Å². The fourth-order valence-corrected chi connectivity index (χ4v) is 5.11. The molecule has 5 nitrogen and oxygen atoms in total. The van der Waals surface area contributed by atoms with E-state index >= 15 is 0 Å². The SMILES string of the molecule is CCOP(=O)(CCc1cccc(O[C@@H]2CCC(C)C[C@H]2OC)c1)OCC. The number of hydrogen-bond acceptors (Lipinski definition) is 5. The Balaban J connectivity index is 1.98. The van der Waals surface area contributed by atoms with Crippen molar-refractivity contribution in [1.29, 1.82) is 0 Å². The molecule has 0 bridgehead atoms. The van der Waals surface area contributed by atoms with Crippen LogP contribution in [0.4, 0.5) is 0 Å². The third-order valence-corrected chi connectivity index (χ3v) is 6.88. The van der Waals surface area contributed by atoms with E-state index in [1.165, 1.54) is 0 Å². The minimum atomic E-state index is -3.02. The summed E-state index contributed by atoms with van der Waals surface area (Å²) >= 11 is 0. The third-order valence-electron chi connectivity index (χ3n) is 4.81. The Bertz CT molecular complexity index is 581. The molecule has 3 atom stereocenters. The van der Waals surface area contributed by atoms with Gasteiger partial charge in [-0.25, -0.2) is 0 Å². The van der Waals surface area contributed by atoms with Crippen LogP contribution in [-0.2, 0) is 24.8 Å². The maximum absolute atomic E-state index is 12.6. The highest BCUT2D eigenvalue weighted by atomic mass is 31.2. The second kappa shape index (κ2) is 10.5. The largest absolute Gasteiger partial charge is 0.488 e. The first-order valence-corrected chi connectivity index (χ1v) is 11.4. The first-order valence-electron chi connectivity index (χ1n) is 9.66. The highest BCUT2D eigenvalue weighted by Gasteiger charge is 2.30. The van der Waals surface area contributed by atoms with Gasteiger partial charge in [0.25, 0.3) is 0 Å². The molecule has 0 aliphatic heterocycles. The molecule has 0 radical (unpaired) electrons. The molecule has 1 fully saturated rings. The van der Waals surface area contributed by atoms with Crippen molar-refractivity contribution in [3.8, 4) is 5.75 Å². The first-order chi connectivity index (χ1) is 12.5. The average Bonchev–Trinajstić information content (AvgIpc) is 2.62. The van der Waals surface area contributed by atoms with Crippen LogP contribution in [0.25, 0.3) is 0 Å². The summed E-state index contributed by atoms with van der Waals surface area (Å²) < 4.78 is 35.2. The molecule has 0 heterocycles. The lowest BCUT2D eigenvalue weighted by Gasteiger charge is -2.34. The molecular formula is C20H33O5P. The number of hydrogen-bond donors (Lipinski definition) is 0. The molecule has 148 valence electrons. The topological polar surface area (TPSA) is 54.0 Å². The van der Waals surface area contributed by atoms with Gasteiger partial charge in [0.2, 0.25) is 0 Å². The molecule has 1 unspecified atom stereocenters. The molecular weight excluding hydrogens is 351 g/mol. The van der Waals surface area contributed by atoms with E-state index in [1.807, 2.05) is 38.1 Å². The molecule has 1 aromatic rings. The van der Waals surface area contributed by atoms with Crippen molar-refractivity contribution in [2.24, 2.45) is 5.92 Å². The summed E-state index contributed by atoms with van der Waals surface area (Å²) in [5, 5.41) is 0. The zero-order valence-corrected chi connectivity index (χ0v) is 17.4. The summed E-state index contributed by atoms with van der Waals surface area (Å²) in [4.78, 5) is 0. The molecule has 0 N–H and O–H groups in total. The van der Waals surface area contributed by atoms with Crippen LogP contribution in [0.3, 0.4) is 0 Å². The highest BCUT2D eigenvalue weighted by Crippen LogP contribution is 2.48. The fourth-order valence-electron chi connectivity index (χ4n) is 3.46. The Morgan fingerprint density at radius 3 is 2.50 bits per heavy atom. The van der Waals surface area contributed by atoms with Crippen molar-refractivity contribution in [1.82, 2.24) is 0 Å². The van der Waals surface area contributed by atoms with E-state index in [0.717, 1.165) is 30.6 Å². The third kappa shape index (κ3) is 6.38. The van der Waals surface area contributed by atoms with Gasteiger partial charge < -0.3 is 18.5 Å². The number of benzene rings is 1. The van der Waals surface area contributed by atoms with Crippen molar-refractivity contribution in [3.05, 3.63) is 29.8 Å². The van der Waals surface area contributed by atoms with E-state index in [2.05, 4.69) is 6.92 Å². The van der Waals surface area contributed by atoms with Gasteiger partial charge in [0.1, 0.15) is 11.9 Å². The lowest BCUT2D eigenvalue weighted by Crippen LogP contribution is -2.38. The Morgan fingerprint density at radius 2 is 1.85 bits per heavy atom. The molecule has 6 heteroatoms. The number of ether oxygens (including phenoxy) is 2. The molecule has 1 aliphatic carbocycles. The minimum absolute atomic E-state index is 0.0874. The summed E-state index contributed by atoms with van der Waals surface area (Å²) in [7, 11) is -1.26. The zero-order valence-electron chi connectivity index (χ0n) is 16.5. The quantitative estimate of drug-likeness (QED) is 0.527. The van der Waals surface area contributed by atoms with Gasteiger partial charge >= 0.3 is 7.60 Å². The van der Waals surface area contributed by atoms with Crippen molar-refractivity contribution < 1.29 is 23.1 Å². The summed E-state index contributed by atoms with van der Waals surface area (Å²) in [5.41, 5.74) is 1.07. The molecule has 1 saturated carbocycles. The minimum Gasteiger partial charge on any atom is -0.488 e. The van der Waals surface area contributed by atoms with Gasteiger partial charge in [-0.15, -0.1) is 0 Å². The Hall–Kier alpha value is -0.870. The van der Waals surface area contributed by atoms with E-state index in [9.17, 15) is 4.57 Å². The van der Waals surface area contributed by atoms with Gasteiger partial charge in [-0.3, -0.25) is 4.57 Å². The van der Waals surface area contributed by atoms with Crippen LogP contribution < -0.4 is 4.74 Å². The molecule has 0 aromatic heterocycles. The summed E-state index contributed by atoms with van der Waals surface area (Å²) in [6, 6.07) is 7.99. The first kappa shape index (κ1) is 21.4. The van der Waals surface area contributed by atoms with E-state index in [4.69, 9.17) is 18.5 Å². The molecule has 1 aliphatic rings. The van der Waals surface area contributed by atoms with Gasteiger partial charge in [0.15, 0.2) is 0 Å². The van der Waals surface area contributed by atoms with Crippen LogP contribution in [0.5, 0.6) is 5.75 Å². The molecule has 2 rings (SSSR count). The van der Waals surface area contributed by atoms with Crippen LogP contribution in [0.15, 0.2) is 24.3 Å². The predicted molar refractivity (Wildman–Crippen MR) is 104 cm³/mol. The van der Waals surface area contributed by atoms with Gasteiger partial charge in [-0.1, -0.05) is 19.1 Å². The van der Waals surface area contributed by atoms with E-state index < -0.39 is 7.60 Å². The van der Waals surface area contributed by atoms with Crippen molar-refractivity contribution >= 4 is 7.60 Å².